The van der Waals surface area contributed by atoms with Crippen molar-refractivity contribution in [1.29, 1.82) is 0 Å². The zero-order valence-corrected chi connectivity index (χ0v) is 8.66. The van der Waals surface area contributed by atoms with E-state index in [1.165, 1.54) is 24.4 Å². The lowest BCUT2D eigenvalue weighted by Crippen LogP contribution is -2.25. The molecule has 1 aliphatic carbocycles. The molecule has 1 unspecified atom stereocenters. The minimum atomic E-state index is -0.0255. The fourth-order valence-electron chi connectivity index (χ4n) is 2.49. The Balaban J connectivity index is 2.07. The van der Waals surface area contributed by atoms with Gasteiger partial charge in [0.15, 0.2) is 0 Å². The van der Waals surface area contributed by atoms with Crippen molar-refractivity contribution in [2.75, 3.05) is 0 Å². The third kappa shape index (κ3) is 1.05. The molecule has 1 fully saturated rings. The number of nitrogens with two attached hydrogens (primary N) is 1. The number of hydrogen-bond acceptors (Lipinski definition) is 2. The first-order chi connectivity index (χ1) is 6.71. The summed E-state index contributed by atoms with van der Waals surface area (Å²) >= 11 is 0. The van der Waals surface area contributed by atoms with Crippen LogP contribution in [0.3, 0.4) is 0 Å². The van der Waals surface area contributed by atoms with Gasteiger partial charge in [-0.15, -0.1) is 0 Å². The first-order valence-corrected chi connectivity index (χ1v) is 5.55. The Labute approximate surface area is 84.3 Å². The predicted octanol–water partition coefficient (Wildman–Crippen LogP) is 1.73. The standard InChI is InChI=1S/C11H17N3/c1-8-3-2-6-14-9(7-13-10(8)14)11(12)4-5-11/h7-8H,2-6,12H2,1H3. The molecule has 14 heavy (non-hydrogen) atoms. The van der Waals surface area contributed by atoms with Gasteiger partial charge in [0, 0.05) is 12.5 Å². The maximum Gasteiger partial charge on any atom is 0.111 e. The average Bonchev–Trinajstić information content (AvgIpc) is 2.77. The zero-order chi connectivity index (χ0) is 9.76. The van der Waals surface area contributed by atoms with Gasteiger partial charge in [0.25, 0.3) is 0 Å². The van der Waals surface area contributed by atoms with Crippen molar-refractivity contribution in [3.8, 4) is 0 Å². The van der Waals surface area contributed by atoms with E-state index in [9.17, 15) is 0 Å². The summed E-state index contributed by atoms with van der Waals surface area (Å²) in [7, 11) is 0. The Morgan fingerprint density at radius 3 is 3.07 bits per heavy atom. The van der Waals surface area contributed by atoms with Gasteiger partial charge in [0.05, 0.1) is 17.4 Å². The van der Waals surface area contributed by atoms with E-state index in [4.69, 9.17) is 5.73 Å². The molecule has 0 radical (unpaired) electrons. The number of aromatic nitrogens is 2. The van der Waals surface area contributed by atoms with Gasteiger partial charge >= 0.3 is 0 Å². The summed E-state index contributed by atoms with van der Waals surface area (Å²) in [5.41, 5.74) is 7.47. The Hall–Kier alpha value is -0.830. The highest BCUT2D eigenvalue weighted by Crippen LogP contribution is 2.44. The van der Waals surface area contributed by atoms with Crippen molar-refractivity contribution >= 4 is 0 Å². The molecule has 3 heteroatoms. The fourth-order valence-corrected chi connectivity index (χ4v) is 2.49. The minimum Gasteiger partial charge on any atom is -0.330 e. The summed E-state index contributed by atoms with van der Waals surface area (Å²) in [5.74, 6) is 1.86. The van der Waals surface area contributed by atoms with Gasteiger partial charge in [0.2, 0.25) is 0 Å². The fraction of sp³-hybridized carbons (Fsp3) is 0.727. The molecule has 1 atom stereocenters. The van der Waals surface area contributed by atoms with Gasteiger partial charge in [0.1, 0.15) is 5.82 Å². The second-order valence-electron chi connectivity index (χ2n) is 4.85. The summed E-state index contributed by atoms with van der Waals surface area (Å²) in [6.07, 6.45) is 6.81. The van der Waals surface area contributed by atoms with Gasteiger partial charge in [-0.2, -0.15) is 0 Å². The van der Waals surface area contributed by atoms with Crippen LogP contribution >= 0.6 is 0 Å². The zero-order valence-electron chi connectivity index (χ0n) is 8.66. The molecule has 0 amide bonds. The smallest absolute Gasteiger partial charge is 0.111 e. The number of rotatable bonds is 1. The topological polar surface area (TPSA) is 43.8 Å². The molecule has 1 aromatic rings. The first-order valence-electron chi connectivity index (χ1n) is 5.55. The lowest BCUT2D eigenvalue weighted by molar-refractivity contribution is 0.442. The molecule has 3 nitrogen and oxygen atoms in total. The maximum atomic E-state index is 6.22. The molecule has 1 aliphatic heterocycles. The van der Waals surface area contributed by atoms with E-state index < -0.39 is 0 Å². The third-order valence-electron chi connectivity index (χ3n) is 3.64. The van der Waals surface area contributed by atoms with Crippen LogP contribution in [0.5, 0.6) is 0 Å². The van der Waals surface area contributed by atoms with Gasteiger partial charge in [-0.3, -0.25) is 0 Å². The molecular formula is C11H17N3. The van der Waals surface area contributed by atoms with Crippen molar-refractivity contribution in [2.24, 2.45) is 5.73 Å². The molecule has 2 aliphatic rings. The summed E-state index contributed by atoms with van der Waals surface area (Å²) in [5, 5.41) is 0. The maximum absolute atomic E-state index is 6.22. The van der Waals surface area contributed by atoms with Crippen molar-refractivity contribution < 1.29 is 0 Å². The van der Waals surface area contributed by atoms with Crippen LogP contribution in [0.25, 0.3) is 0 Å². The Bertz CT molecular complexity index is 363. The van der Waals surface area contributed by atoms with Gasteiger partial charge in [-0.25, -0.2) is 4.98 Å². The normalized spacial score (nSPS) is 28.6. The van der Waals surface area contributed by atoms with E-state index >= 15 is 0 Å². The Morgan fingerprint density at radius 2 is 2.36 bits per heavy atom. The van der Waals surface area contributed by atoms with Crippen LogP contribution in [-0.2, 0) is 12.1 Å². The van der Waals surface area contributed by atoms with Gasteiger partial charge in [-0.05, 0) is 25.7 Å². The highest BCUT2D eigenvalue weighted by molar-refractivity contribution is 5.24. The van der Waals surface area contributed by atoms with E-state index in [2.05, 4.69) is 16.5 Å². The van der Waals surface area contributed by atoms with Gasteiger partial charge in [-0.1, -0.05) is 6.92 Å². The van der Waals surface area contributed by atoms with Crippen LogP contribution in [0.2, 0.25) is 0 Å². The summed E-state index contributed by atoms with van der Waals surface area (Å²) < 4.78 is 2.36. The quantitative estimate of drug-likeness (QED) is 0.734. The molecular weight excluding hydrogens is 174 g/mol. The number of nitrogens with zero attached hydrogens (tertiary/aromatic N) is 2. The lowest BCUT2D eigenvalue weighted by Gasteiger charge is -2.23. The second-order valence-corrected chi connectivity index (χ2v) is 4.85. The van der Waals surface area contributed by atoms with Crippen molar-refractivity contribution in [2.45, 2.75) is 50.6 Å². The predicted molar refractivity (Wildman–Crippen MR) is 55.0 cm³/mol. The largest absolute Gasteiger partial charge is 0.330 e. The second kappa shape index (κ2) is 2.60. The van der Waals surface area contributed by atoms with Crippen LogP contribution in [0.15, 0.2) is 6.20 Å². The highest BCUT2D eigenvalue weighted by Gasteiger charge is 2.43. The molecule has 76 valence electrons. The number of hydrogen-bond donors (Lipinski definition) is 1. The van der Waals surface area contributed by atoms with Crippen LogP contribution < -0.4 is 5.73 Å². The van der Waals surface area contributed by atoms with E-state index in [-0.39, 0.29) is 5.54 Å². The molecule has 2 N–H and O–H groups in total. The van der Waals surface area contributed by atoms with Crippen LogP contribution in [-0.4, -0.2) is 9.55 Å². The molecule has 1 saturated carbocycles. The van der Waals surface area contributed by atoms with Crippen molar-refractivity contribution in [3.05, 3.63) is 17.7 Å². The molecule has 0 saturated heterocycles. The van der Waals surface area contributed by atoms with Crippen LogP contribution in [0, 0.1) is 0 Å². The molecule has 0 spiro atoms. The molecule has 0 aromatic carbocycles. The van der Waals surface area contributed by atoms with E-state index in [1.807, 2.05) is 6.20 Å². The van der Waals surface area contributed by atoms with Crippen molar-refractivity contribution in [3.63, 3.8) is 0 Å². The molecule has 3 rings (SSSR count). The van der Waals surface area contributed by atoms with E-state index in [0.717, 1.165) is 19.4 Å². The molecule has 0 bridgehead atoms. The summed E-state index contributed by atoms with van der Waals surface area (Å²) in [6, 6.07) is 0. The molecule has 2 heterocycles. The minimum absolute atomic E-state index is 0.0255. The lowest BCUT2D eigenvalue weighted by atomic mass is 10.0. The van der Waals surface area contributed by atoms with Gasteiger partial charge < -0.3 is 10.3 Å². The Morgan fingerprint density at radius 1 is 1.57 bits per heavy atom. The molecule has 1 aromatic heterocycles. The van der Waals surface area contributed by atoms with Crippen LogP contribution in [0.4, 0.5) is 0 Å². The number of fused-ring (bicyclic) bond motifs is 1. The number of imidazole rings is 1. The van der Waals surface area contributed by atoms with E-state index in [1.54, 1.807) is 0 Å². The van der Waals surface area contributed by atoms with E-state index in [0.29, 0.717) is 5.92 Å². The van der Waals surface area contributed by atoms with Crippen molar-refractivity contribution in [1.82, 2.24) is 9.55 Å². The average molecular weight is 191 g/mol. The summed E-state index contributed by atoms with van der Waals surface area (Å²) in [4.78, 5) is 4.53. The third-order valence-corrected chi connectivity index (χ3v) is 3.64. The van der Waals surface area contributed by atoms with Crippen LogP contribution in [0.1, 0.15) is 50.0 Å². The first kappa shape index (κ1) is 8.48. The Kier molecular flexibility index (Phi) is 1.57. The SMILES string of the molecule is CC1CCCn2c(C3(N)CC3)cnc21. The summed E-state index contributed by atoms with van der Waals surface area (Å²) in [6.45, 7) is 3.38. The monoisotopic (exact) mass is 191 g/mol. The highest BCUT2D eigenvalue weighted by atomic mass is 15.1.